The van der Waals surface area contributed by atoms with E-state index in [1.807, 2.05) is 13.0 Å². The molecule has 7 atom stereocenters. The van der Waals surface area contributed by atoms with E-state index in [2.05, 4.69) is 0 Å². The summed E-state index contributed by atoms with van der Waals surface area (Å²) in [4.78, 5) is 11.4. The lowest BCUT2D eigenvalue weighted by Crippen LogP contribution is -2.24. The maximum absolute atomic E-state index is 11.4. The van der Waals surface area contributed by atoms with Crippen LogP contribution in [0.3, 0.4) is 0 Å². The van der Waals surface area contributed by atoms with Crippen molar-refractivity contribution in [3.05, 3.63) is 12.2 Å². The largest absolute Gasteiger partial charge is 0.481 e. The van der Waals surface area contributed by atoms with Crippen molar-refractivity contribution in [1.29, 1.82) is 0 Å². The van der Waals surface area contributed by atoms with Crippen LogP contribution in [0.1, 0.15) is 84.0 Å². The quantitative estimate of drug-likeness (QED) is 0.404. The van der Waals surface area contributed by atoms with E-state index in [0.29, 0.717) is 32.0 Å². The Balaban J connectivity index is 1.46. The lowest BCUT2D eigenvalue weighted by atomic mass is 9.85. The Morgan fingerprint density at radius 1 is 1.16 bits per heavy atom. The third kappa shape index (κ3) is 7.54. The third-order valence-electron chi connectivity index (χ3n) is 7.86. The van der Waals surface area contributed by atoms with E-state index >= 15 is 0 Å². The van der Waals surface area contributed by atoms with Gasteiger partial charge in [0.15, 0.2) is 0 Å². The van der Waals surface area contributed by atoms with Crippen molar-refractivity contribution in [2.75, 3.05) is 13.2 Å². The summed E-state index contributed by atoms with van der Waals surface area (Å²) < 4.78 is 12.1. The standard InChI is InChI=1S/C26H44O6/c1-2-6-19(26(29)30)11-9-18-10-13-23-22(24(28)15-25(23)32-16-18)14-12-20(27)17-31-21-7-4-3-5-8-21/h12,14,18-25,27-28H,2-11,13,15-17H2,1H3,(H,29,30)/b14-12+/t18-,19?,20-,22-,23-,24-,25+/m1/s1. The molecule has 0 amide bonds. The van der Waals surface area contributed by atoms with Crippen molar-refractivity contribution in [1.82, 2.24) is 0 Å². The summed E-state index contributed by atoms with van der Waals surface area (Å²) in [5.41, 5.74) is 0. The molecule has 0 radical (unpaired) electrons. The van der Waals surface area contributed by atoms with E-state index in [-0.39, 0.29) is 30.0 Å². The first kappa shape index (κ1) is 25.7. The molecular formula is C26H44O6. The van der Waals surface area contributed by atoms with Crippen molar-refractivity contribution in [2.24, 2.45) is 23.7 Å². The van der Waals surface area contributed by atoms with Crippen LogP contribution in [0.4, 0.5) is 0 Å². The summed E-state index contributed by atoms with van der Waals surface area (Å²) in [6.07, 6.45) is 14.7. The molecule has 1 unspecified atom stereocenters. The van der Waals surface area contributed by atoms with Gasteiger partial charge < -0.3 is 24.8 Å². The molecule has 0 bridgehead atoms. The molecule has 0 aromatic carbocycles. The van der Waals surface area contributed by atoms with Crippen molar-refractivity contribution in [2.45, 2.75) is 108 Å². The zero-order valence-electron chi connectivity index (χ0n) is 19.7. The summed E-state index contributed by atoms with van der Waals surface area (Å²) in [7, 11) is 0. The highest BCUT2D eigenvalue weighted by Gasteiger charge is 2.43. The van der Waals surface area contributed by atoms with Crippen LogP contribution in [0.15, 0.2) is 12.2 Å². The molecule has 1 saturated heterocycles. The van der Waals surface area contributed by atoms with Crippen LogP contribution in [0.25, 0.3) is 0 Å². The number of carbonyl (C=O) groups is 1. The highest BCUT2D eigenvalue weighted by Crippen LogP contribution is 2.42. The van der Waals surface area contributed by atoms with Gasteiger partial charge in [0.25, 0.3) is 0 Å². The van der Waals surface area contributed by atoms with Crippen molar-refractivity contribution >= 4 is 5.97 Å². The zero-order valence-corrected chi connectivity index (χ0v) is 19.7. The number of aliphatic carboxylic acids is 1. The molecule has 1 heterocycles. The van der Waals surface area contributed by atoms with Gasteiger partial charge in [0, 0.05) is 18.9 Å². The number of rotatable bonds is 11. The maximum Gasteiger partial charge on any atom is 0.306 e. The summed E-state index contributed by atoms with van der Waals surface area (Å²) in [5.74, 6) is -0.302. The molecule has 2 saturated carbocycles. The van der Waals surface area contributed by atoms with Gasteiger partial charge in [-0.1, -0.05) is 44.8 Å². The second kappa shape index (κ2) is 13.1. The lowest BCUT2D eigenvalue weighted by Gasteiger charge is -2.23. The van der Waals surface area contributed by atoms with Gasteiger partial charge >= 0.3 is 5.97 Å². The highest BCUT2D eigenvalue weighted by molar-refractivity contribution is 5.69. The molecule has 3 N–H and O–H groups in total. The smallest absolute Gasteiger partial charge is 0.306 e. The first-order valence-electron chi connectivity index (χ1n) is 13.0. The van der Waals surface area contributed by atoms with E-state index < -0.39 is 18.2 Å². The number of carboxylic acid groups (broad SMARTS) is 1. The number of hydrogen-bond acceptors (Lipinski definition) is 5. The Morgan fingerprint density at radius 2 is 1.94 bits per heavy atom. The van der Waals surface area contributed by atoms with E-state index in [0.717, 1.165) is 44.9 Å². The van der Waals surface area contributed by atoms with Gasteiger partial charge in [0.05, 0.1) is 36.9 Å². The van der Waals surface area contributed by atoms with Crippen LogP contribution in [-0.2, 0) is 14.3 Å². The van der Waals surface area contributed by atoms with Crippen molar-refractivity contribution in [3.8, 4) is 0 Å². The second-order valence-corrected chi connectivity index (χ2v) is 10.3. The average Bonchev–Trinajstić information content (AvgIpc) is 2.95. The Kier molecular flexibility index (Phi) is 10.5. The fourth-order valence-corrected chi connectivity index (χ4v) is 5.90. The first-order valence-corrected chi connectivity index (χ1v) is 13.0. The van der Waals surface area contributed by atoms with Gasteiger partial charge in [-0.3, -0.25) is 4.79 Å². The summed E-state index contributed by atoms with van der Waals surface area (Å²) in [6, 6.07) is 0. The zero-order chi connectivity index (χ0) is 22.9. The third-order valence-corrected chi connectivity index (χ3v) is 7.86. The van der Waals surface area contributed by atoms with Crippen LogP contribution in [0.5, 0.6) is 0 Å². The summed E-state index contributed by atoms with van der Waals surface area (Å²) in [6.45, 7) is 3.00. The predicted octanol–water partition coefficient (Wildman–Crippen LogP) is 4.33. The fraction of sp³-hybridized carbons (Fsp3) is 0.885. The summed E-state index contributed by atoms with van der Waals surface area (Å²) >= 11 is 0. The Labute approximate surface area is 193 Å². The molecule has 6 heteroatoms. The van der Waals surface area contributed by atoms with Crippen molar-refractivity contribution in [3.63, 3.8) is 0 Å². The molecule has 32 heavy (non-hydrogen) atoms. The number of aliphatic hydroxyl groups excluding tert-OH is 2. The normalized spacial score (nSPS) is 33.7. The number of aliphatic hydroxyl groups is 2. The van der Waals surface area contributed by atoms with Gasteiger partial charge in [-0.15, -0.1) is 0 Å². The van der Waals surface area contributed by atoms with E-state index in [1.54, 1.807) is 6.08 Å². The molecule has 3 aliphatic rings. The average molecular weight is 453 g/mol. The number of fused-ring (bicyclic) bond motifs is 1. The van der Waals surface area contributed by atoms with E-state index in [4.69, 9.17) is 9.47 Å². The van der Waals surface area contributed by atoms with E-state index in [1.165, 1.54) is 19.3 Å². The lowest BCUT2D eigenvalue weighted by molar-refractivity contribution is -0.142. The fourth-order valence-electron chi connectivity index (χ4n) is 5.90. The second-order valence-electron chi connectivity index (χ2n) is 10.3. The number of hydrogen-bond donors (Lipinski definition) is 3. The van der Waals surface area contributed by atoms with Crippen LogP contribution >= 0.6 is 0 Å². The molecule has 0 aromatic rings. The van der Waals surface area contributed by atoms with Crippen LogP contribution < -0.4 is 0 Å². The maximum atomic E-state index is 11.4. The number of carboxylic acids is 1. The molecule has 0 aromatic heterocycles. The van der Waals surface area contributed by atoms with Crippen molar-refractivity contribution < 1.29 is 29.6 Å². The Hall–Kier alpha value is -0.950. The number of ether oxygens (including phenoxy) is 2. The molecule has 2 aliphatic carbocycles. The SMILES string of the molecule is CCCC(CC[C@@H]1CC[C@@H]2[C@@H](/C=C/[C@@H](O)COC3CCCCC3)[C@H](O)C[C@@H]2OC1)C(=O)O. The minimum absolute atomic E-state index is 0.00469. The van der Waals surface area contributed by atoms with Gasteiger partial charge in [-0.2, -0.15) is 0 Å². The molecule has 6 nitrogen and oxygen atoms in total. The monoisotopic (exact) mass is 452 g/mol. The minimum Gasteiger partial charge on any atom is -0.481 e. The Bertz CT molecular complexity index is 587. The molecule has 1 aliphatic heterocycles. The van der Waals surface area contributed by atoms with Crippen LogP contribution in [0.2, 0.25) is 0 Å². The van der Waals surface area contributed by atoms with Gasteiger partial charge in [-0.05, 0) is 56.8 Å². The summed E-state index contributed by atoms with van der Waals surface area (Å²) in [5, 5.41) is 30.4. The van der Waals surface area contributed by atoms with Crippen LogP contribution in [-0.4, -0.2) is 58.9 Å². The van der Waals surface area contributed by atoms with Gasteiger partial charge in [0.2, 0.25) is 0 Å². The Morgan fingerprint density at radius 3 is 2.66 bits per heavy atom. The van der Waals surface area contributed by atoms with Crippen LogP contribution in [0, 0.1) is 23.7 Å². The molecular weight excluding hydrogens is 408 g/mol. The minimum atomic E-state index is -0.683. The van der Waals surface area contributed by atoms with E-state index in [9.17, 15) is 20.1 Å². The van der Waals surface area contributed by atoms with Gasteiger partial charge in [0.1, 0.15) is 0 Å². The molecule has 3 rings (SSSR count). The molecule has 0 spiro atoms. The molecule has 184 valence electrons. The highest BCUT2D eigenvalue weighted by atomic mass is 16.5. The first-order chi connectivity index (χ1) is 15.5. The molecule has 3 fully saturated rings. The van der Waals surface area contributed by atoms with Gasteiger partial charge in [-0.25, -0.2) is 0 Å². The topological polar surface area (TPSA) is 96.2 Å². The predicted molar refractivity (Wildman–Crippen MR) is 123 cm³/mol.